The van der Waals surface area contributed by atoms with Gasteiger partial charge in [0.2, 0.25) is 5.91 Å². The molecule has 33 heavy (non-hydrogen) atoms. The molecule has 2 rings (SSSR count). The van der Waals surface area contributed by atoms with Gasteiger partial charge in [-0.1, -0.05) is 49.1 Å². The van der Waals surface area contributed by atoms with Gasteiger partial charge in [0.1, 0.15) is 17.0 Å². The van der Waals surface area contributed by atoms with E-state index in [0.717, 1.165) is 22.3 Å². The minimum Gasteiger partial charge on any atom is -0.341 e. The summed E-state index contributed by atoms with van der Waals surface area (Å²) in [6, 6.07) is 5.93. The van der Waals surface area contributed by atoms with Crippen molar-refractivity contribution in [3.8, 4) is 0 Å². The highest BCUT2D eigenvalue weighted by atomic mass is 32.2. The predicted molar refractivity (Wildman–Crippen MR) is 138 cm³/mol. The first-order valence-electron chi connectivity index (χ1n) is 10.7. The fourth-order valence-electron chi connectivity index (χ4n) is 3.66. The van der Waals surface area contributed by atoms with Gasteiger partial charge in [-0.25, -0.2) is 4.21 Å². The second-order valence-electron chi connectivity index (χ2n) is 8.13. The molecule has 1 aliphatic heterocycles. The zero-order chi connectivity index (χ0) is 24.9. The molecule has 1 aromatic carbocycles. The molecule has 0 saturated carbocycles. The third-order valence-corrected chi connectivity index (χ3v) is 6.59. The summed E-state index contributed by atoms with van der Waals surface area (Å²) in [4.78, 5) is 28.1. The van der Waals surface area contributed by atoms with Gasteiger partial charge in [0.05, 0.1) is 30.5 Å². The van der Waals surface area contributed by atoms with Crippen LogP contribution < -0.4 is 19.8 Å². The third-order valence-electron chi connectivity index (χ3n) is 5.63. The van der Waals surface area contributed by atoms with Gasteiger partial charge in [-0.15, -0.1) is 0 Å². The Balaban J connectivity index is 2.67. The Morgan fingerprint density at radius 1 is 1.24 bits per heavy atom. The van der Waals surface area contributed by atoms with E-state index in [1.165, 1.54) is 0 Å². The summed E-state index contributed by atoms with van der Waals surface area (Å²) in [5.74, 6) is -0.607. The number of amides is 2. The van der Waals surface area contributed by atoms with Crippen molar-refractivity contribution in [3.05, 3.63) is 72.4 Å². The molecule has 1 aliphatic rings. The van der Waals surface area contributed by atoms with E-state index in [1.54, 1.807) is 35.5 Å². The van der Waals surface area contributed by atoms with Crippen molar-refractivity contribution in [1.82, 2.24) is 10.6 Å². The number of nitrogens with one attached hydrogen (secondary N) is 2. The summed E-state index contributed by atoms with van der Waals surface area (Å²) in [5.41, 5.74) is 4.49. The number of benzene rings is 1. The second-order valence-corrected chi connectivity index (χ2v) is 9.41. The number of hydrogen-bond acceptors (Lipinski definition) is 4. The first-order valence-corrected chi connectivity index (χ1v) is 12.2. The first-order chi connectivity index (χ1) is 15.5. The van der Waals surface area contributed by atoms with Crippen LogP contribution in [0.4, 0.5) is 11.4 Å². The molecule has 0 bridgehead atoms. The van der Waals surface area contributed by atoms with Crippen molar-refractivity contribution < 1.29 is 13.8 Å². The number of anilines is 2. The van der Waals surface area contributed by atoms with Gasteiger partial charge in [-0.2, -0.15) is 0 Å². The number of nitrogens with zero attached hydrogens (tertiary/aromatic N) is 2. The number of rotatable bonds is 9. The van der Waals surface area contributed by atoms with Crippen molar-refractivity contribution in [2.24, 2.45) is 0 Å². The van der Waals surface area contributed by atoms with Crippen LogP contribution in [0.5, 0.6) is 0 Å². The molecule has 2 N–H and O–H groups in total. The van der Waals surface area contributed by atoms with E-state index in [-0.39, 0.29) is 24.9 Å². The molecule has 1 heterocycles. The quantitative estimate of drug-likeness (QED) is 0.544. The lowest BCUT2D eigenvalue weighted by atomic mass is 9.96. The average Bonchev–Trinajstić information content (AvgIpc) is 2.88. The molecule has 0 spiro atoms. The second kappa shape index (κ2) is 11.2. The topological polar surface area (TPSA) is 81.8 Å². The summed E-state index contributed by atoms with van der Waals surface area (Å²) in [7, 11) is 0.260. The number of para-hydroxylation sites is 2. The maximum atomic E-state index is 13.8. The number of carbonyl (C=O) groups is 2. The zero-order valence-corrected chi connectivity index (χ0v) is 20.9. The van der Waals surface area contributed by atoms with E-state index in [2.05, 4.69) is 30.4 Å². The predicted octanol–water partition coefficient (Wildman–Crippen LogP) is 2.86. The SMILES string of the molecule is C=C/C(C(=C)C)=C(\CN1C(=O)C(NC(=O)[C@H](C)NC)CN(S(C)=O)c2ccccc21)C(=C)C. The molecular formula is C25H34N4O3S. The molecule has 8 heteroatoms. The van der Waals surface area contributed by atoms with Crippen molar-refractivity contribution in [2.45, 2.75) is 32.9 Å². The van der Waals surface area contributed by atoms with Crippen LogP contribution in [0.1, 0.15) is 20.8 Å². The van der Waals surface area contributed by atoms with Crippen LogP contribution in [0.3, 0.4) is 0 Å². The van der Waals surface area contributed by atoms with E-state index < -0.39 is 23.1 Å². The van der Waals surface area contributed by atoms with E-state index in [1.807, 2.05) is 38.1 Å². The lowest BCUT2D eigenvalue weighted by Crippen LogP contribution is -2.55. The fraction of sp³-hybridized carbons (Fsp3) is 0.360. The van der Waals surface area contributed by atoms with E-state index in [4.69, 9.17) is 0 Å². The highest BCUT2D eigenvalue weighted by Gasteiger charge is 2.36. The highest BCUT2D eigenvalue weighted by Crippen LogP contribution is 2.35. The molecule has 0 aliphatic carbocycles. The largest absolute Gasteiger partial charge is 0.341 e. The maximum Gasteiger partial charge on any atom is 0.251 e. The number of allylic oxidation sites excluding steroid dienone is 3. The Kier molecular flexibility index (Phi) is 8.96. The van der Waals surface area contributed by atoms with Gasteiger partial charge in [-0.3, -0.25) is 13.9 Å². The Labute approximate surface area is 199 Å². The molecule has 0 fully saturated rings. The van der Waals surface area contributed by atoms with Crippen LogP contribution in [0.2, 0.25) is 0 Å². The summed E-state index contributed by atoms with van der Waals surface area (Å²) >= 11 is 0. The van der Waals surface area contributed by atoms with E-state index in [9.17, 15) is 13.8 Å². The molecular weight excluding hydrogens is 436 g/mol. The van der Waals surface area contributed by atoms with Gasteiger partial charge >= 0.3 is 0 Å². The summed E-state index contributed by atoms with van der Waals surface area (Å²) in [6.07, 6.45) is 3.27. The molecule has 178 valence electrons. The van der Waals surface area contributed by atoms with Crippen LogP contribution >= 0.6 is 0 Å². The Morgan fingerprint density at radius 2 is 1.85 bits per heavy atom. The van der Waals surface area contributed by atoms with Gasteiger partial charge in [-0.05, 0) is 51.1 Å². The molecule has 0 radical (unpaired) electrons. The lowest BCUT2D eigenvalue weighted by Gasteiger charge is -2.28. The Hall–Kier alpha value is -2.97. The van der Waals surface area contributed by atoms with Gasteiger partial charge in [0.25, 0.3) is 5.91 Å². The third kappa shape index (κ3) is 5.89. The number of carbonyl (C=O) groups excluding carboxylic acids is 2. The number of hydrogen-bond donors (Lipinski definition) is 2. The van der Waals surface area contributed by atoms with Gasteiger partial charge in [0, 0.05) is 6.26 Å². The van der Waals surface area contributed by atoms with Gasteiger partial charge in [0.15, 0.2) is 0 Å². The van der Waals surface area contributed by atoms with Crippen LogP contribution in [0.15, 0.2) is 72.4 Å². The fourth-order valence-corrected chi connectivity index (χ4v) is 4.45. The maximum absolute atomic E-state index is 13.8. The van der Waals surface area contributed by atoms with Crippen molar-refractivity contribution >= 4 is 34.2 Å². The molecule has 0 aromatic heterocycles. The molecule has 1 aromatic rings. The summed E-state index contributed by atoms with van der Waals surface area (Å²) < 4.78 is 14.3. The van der Waals surface area contributed by atoms with Crippen LogP contribution in [0.25, 0.3) is 0 Å². The summed E-state index contributed by atoms with van der Waals surface area (Å²) in [6.45, 7) is 17.8. The standard InChI is InChI=1S/C25H34N4O3S/c1-9-19(16(2)3)20(17(4)5)14-28-22-12-10-11-13-23(22)29(33(8)32)15-21(25(28)31)27-24(30)18(6)26-7/h9-13,18,21,26H,1-2,4,14-15H2,3,5-8H3,(H,27,30)/b20-19-/t18-,21?,33?/m0/s1. The zero-order valence-electron chi connectivity index (χ0n) is 20.1. The first kappa shape index (κ1) is 26.3. The highest BCUT2D eigenvalue weighted by molar-refractivity contribution is 7.85. The van der Waals surface area contributed by atoms with Gasteiger partial charge < -0.3 is 15.5 Å². The molecule has 2 unspecified atom stereocenters. The van der Waals surface area contributed by atoms with E-state index in [0.29, 0.717) is 11.4 Å². The normalized spacial score (nSPS) is 18.5. The molecule has 0 saturated heterocycles. The average molecular weight is 471 g/mol. The monoisotopic (exact) mass is 470 g/mol. The number of likely N-dealkylation sites (N-methyl/N-ethyl adjacent to an activating group) is 1. The Morgan fingerprint density at radius 3 is 2.33 bits per heavy atom. The van der Waals surface area contributed by atoms with Crippen molar-refractivity contribution in [2.75, 3.05) is 35.6 Å². The van der Waals surface area contributed by atoms with Crippen molar-refractivity contribution in [1.29, 1.82) is 0 Å². The minimum atomic E-state index is -1.41. The summed E-state index contributed by atoms with van der Waals surface area (Å²) in [5, 5.41) is 5.71. The molecule has 7 nitrogen and oxygen atoms in total. The van der Waals surface area contributed by atoms with Crippen molar-refractivity contribution in [3.63, 3.8) is 0 Å². The minimum absolute atomic E-state index is 0.0819. The number of fused-ring (bicyclic) bond motifs is 1. The van der Waals surface area contributed by atoms with Crippen LogP contribution in [-0.2, 0) is 20.6 Å². The van der Waals surface area contributed by atoms with E-state index >= 15 is 0 Å². The van der Waals surface area contributed by atoms with Crippen LogP contribution in [-0.4, -0.2) is 54.5 Å². The molecule has 2 amide bonds. The smallest absolute Gasteiger partial charge is 0.251 e. The Bertz CT molecular complexity index is 1030. The lowest BCUT2D eigenvalue weighted by molar-refractivity contribution is -0.128. The van der Waals surface area contributed by atoms with Crippen LogP contribution in [0, 0.1) is 0 Å². The molecule has 3 atom stereocenters.